The second-order valence-corrected chi connectivity index (χ2v) is 4.65. The second-order valence-electron chi connectivity index (χ2n) is 4.65. The molecule has 0 bridgehead atoms. The molecule has 2 N–H and O–H groups in total. The summed E-state index contributed by atoms with van der Waals surface area (Å²) in [5, 5.41) is 2.28. The highest BCUT2D eigenvalue weighted by Gasteiger charge is 2.02. The highest BCUT2D eigenvalue weighted by Crippen LogP contribution is 2.22. The number of halogens is 1. The summed E-state index contributed by atoms with van der Waals surface area (Å²) in [5.41, 5.74) is 6.35. The molecule has 0 heterocycles. The minimum absolute atomic E-state index is 0.152. The Labute approximate surface area is 116 Å². The monoisotopic (exact) mass is 267 g/mol. The van der Waals surface area contributed by atoms with Crippen molar-refractivity contribution in [3.8, 4) is 5.75 Å². The molecule has 3 heteroatoms. The van der Waals surface area contributed by atoms with Crippen LogP contribution >= 0.6 is 0 Å². The molecule has 3 aromatic carbocycles. The lowest BCUT2D eigenvalue weighted by Gasteiger charge is -2.08. The number of benzene rings is 3. The van der Waals surface area contributed by atoms with Crippen LogP contribution in [0.1, 0.15) is 5.56 Å². The summed E-state index contributed by atoms with van der Waals surface area (Å²) in [4.78, 5) is 0. The molecule has 0 saturated carbocycles. The summed E-state index contributed by atoms with van der Waals surface area (Å²) in [7, 11) is 0. The number of hydrogen-bond acceptors (Lipinski definition) is 2. The number of fused-ring (bicyclic) bond motifs is 1. The van der Waals surface area contributed by atoms with Crippen molar-refractivity contribution >= 4 is 16.5 Å². The number of nitrogens with two attached hydrogens (primary N) is 1. The van der Waals surface area contributed by atoms with E-state index in [1.807, 2.05) is 36.4 Å². The van der Waals surface area contributed by atoms with Crippen LogP contribution in [0.15, 0.2) is 60.7 Å². The Kier molecular flexibility index (Phi) is 3.25. The van der Waals surface area contributed by atoms with E-state index in [-0.39, 0.29) is 5.69 Å². The molecule has 0 unspecified atom stereocenters. The number of nitrogen functional groups attached to an aromatic ring is 1. The second kappa shape index (κ2) is 5.21. The molecule has 0 aliphatic carbocycles. The highest BCUT2D eigenvalue weighted by molar-refractivity contribution is 5.83. The fraction of sp³-hybridized carbons (Fsp3) is 0.0588. The van der Waals surface area contributed by atoms with E-state index in [1.165, 1.54) is 11.5 Å². The average Bonchev–Trinajstić information content (AvgIpc) is 2.48. The topological polar surface area (TPSA) is 35.2 Å². The molecule has 0 aliphatic heterocycles. The number of hydrogen-bond donors (Lipinski definition) is 1. The van der Waals surface area contributed by atoms with Crippen molar-refractivity contribution in [3.05, 3.63) is 72.0 Å². The number of rotatable bonds is 3. The first-order valence-corrected chi connectivity index (χ1v) is 6.38. The lowest BCUT2D eigenvalue weighted by molar-refractivity contribution is 0.306. The molecule has 0 spiro atoms. The minimum Gasteiger partial charge on any atom is -0.489 e. The van der Waals surface area contributed by atoms with Gasteiger partial charge in [-0.1, -0.05) is 36.4 Å². The van der Waals surface area contributed by atoms with Crippen LogP contribution in [0, 0.1) is 5.82 Å². The van der Waals surface area contributed by atoms with E-state index in [1.54, 1.807) is 12.1 Å². The normalized spacial score (nSPS) is 10.7. The molecule has 0 amide bonds. The molecule has 0 atom stereocenters. The average molecular weight is 267 g/mol. The summed E-state index contributed by atoms with van der Waals surface area (Å²) < 4.78 is 19.0. The smallest absolute Gasteiger partial charge is 0.146 e. The van der Waals surface area contributed by atoms with Crippen molar-refractivity contribution in [3.63, 3.8) is 0 Å². The van der Waals surface area contributed by atoms with E-state index in [2.05, 4.69) is 6.07 Å². The predicted octanol–water partition coefficient (Wildman–Crippen LogP) is 4.14. The Morgan fingerprint density at radius 1 is 0.900 bits per heavy atom. The minimum atomic E-state index is -0.412. The first-order chi connectivity index (χ1) is 9.72. The van der Waals surface area contributed by atoms with Gasteiger partial charge in [0.25, 0.3) is 0 Å². The van der Waals surface area contributed by atoms with Gasteiger partial charge in [0.2, 0.25) is 0 Å². The third-order valence-corrected chi connectivity index (χ3v) is 3.19. The molecule has 0 radical (unpaired) electrons. The van der Waals surface area contributed by atoms with Crippen molar-refractivity contribution < 1.29 is 9.13 Å². The Morgan fingerprint density at radius 3 is 2.50 bits per heavy atom. The first-order valence-electron chi connectivity index (χ1n) is 6.38. The SMILES string of the molecule is Nc1ccc(COc2ccc3ccccc3c2)cc1F. The van der Waals surface area contributed by atoms with Gasteiger partial charge in [-0.2, -0.15) is 0 Å². The Hall–Kier alpha value is -2.55. The molecule has 3 aromatic rings. The van der Waals surface area contributed by atoms with E-state index >= 15 is 0 Å². The highest BCUT2D eigenvalue weighted by atomic mass is 19.1. The maximum atomic E-state index is 13.3. The molecule has 2 nitrogen and oxygen atoms in total. The van der Waals surface area contributed by atoms with E-state index in [9.17, 15) is 4.39 Å². The van der Waals surface area contributed by atoms with E-state index < -0.39 is 5.82 Å². The predicted molar refractivity (Wildman–Crippen MR) is 79.1 cm³/mol. The fourth-order valence-corrected chi connectivity index (χ4v) is 2.08. The Balaban J connectivity index is 1.77. The van der Waals surface area contributed by atoms with Crippen LogP contribution in [0.4, 0.5) is 10.1 Å². The molecule has 100 valence electrons. The van der Waals surface area contributed by atoms with Gasteiger partial charge in [-0.15, -0.1) is 0 Å². The quantitative estimate of drug-likeness (QED) is 0.724. The molecule has 0 saturated heterocycles. The van der Waals surface area contributed by atoms with E-state index in [0.29, 0.717) is 6.61 Å². The zero-order valence-electron chi connectivity index (χ0n) is 10.8. The van der Waals surface area contributed by atoms with Gasteiger partial charge in [-0.25, -0.2) is 4.39 Å². The lowest BCUT2D eigenvalue weighted by atomic mass is 10.1. The van der Waals surface area contributed by atoms with E-state index in [0.717, 1.165) is 16.7 Å². The zero-order valence-corrected chi connectivity index (χ0v) is 10.8. The molecule has 3 rings (SSSR count). The van der Waals surface area contributed by atoms with Crippen LogP contribution in [-0.2, 0) is 6.61 Å². The third-order valence-electron chi connectivity index (χ3n) is 3.19. The van der Waals surface area contributed by atoms with Gasteiger partial charge in [0.1, 0.15) is 18.2 Å². The Bertz CT molecular complexity index is 755. The lowest BCUT2D eigenvalue weighted by Crippen LogP contribution is -1.98. The van der Waals surface area contributed by atoms with Crippen molar-refractivity contribution in [2.75, 3.05) is 5.73 Å². The van der Waals surface area contributed by atoms with Crippen LogP contribution in [-0.4, -0.2) is 0 Å². The van der Waals surface area contributed by atoms with Gasteiger partial charge in [0.15, 0.2) is 0 Å². The summed E-state index contributed by atoms with van der Waals surface area (Å²) in [5.74, 6) is 0.352. The molecular weight excluding hydrogens is 253 g/mol. The summed E-state index contributed by atoms with van der Waals surface area (Å²) in [6.07, 6.45) is 0. The van der Waals surface area contributed by atoms with Crippen molar-refractivity contribution in [1.82, 2.24) is 0 Å². The zero-order chi connectivity index (χ0) is 13.9. The van der Waals surface area contributed by atoms with Gasteiger partial charge < -0.3 is 10.5 Å². The maximum absolute atomic E-state index is 13.3. The van der Waals surface area contributed by atoms with Crippen LogP contribution in [0.3, 0.4) is 0 Å². The number of ether oxygens (including phenoxy) is 1. The van der Waals surface area contributed by atoms with Crippen LogP contribution in [0.2, 0.25) is 0 Å². The molecule has 0 aliphatic rings. The van der Waals surface area contributed by atoms with Gasteiger partial charge in [-0.3, -0.25) is 0 Å². The molecular formula is C17H14FNO. The summed E-state index contributed by atoms with van der Waals surface area (Å²) in [6, 6.07) is 18.7. The van der Waals surface area contributed by atoms with Crippen LogP contribution in [0.25, 0.3) is 10.8 Å². The standard InChI is InChI=1S/C17H14FNO/c18-16-9-12(5-8-17(16)19)11-20-15-7-6-13-3-1-2-4-14(13)10-15/h1-10H,11,19H2. The van der Waals surface area contributed by atoms with Crippen molar-refractivity contribution in [2.24, 2.45) is 0 Å². The molecule has 0 fully saturated rings. The Morgan fingerprint density at radius 2 is 1.70 bits per heavy atom. The van der Waals surface area contributed by atoms with Gasteiger partial charge in [0, 0.05) is 0 Å². The first kappa shape index (κ1) is 12.5. The van der Waals surface area contributed by atoms with Crippen molar-refractivity contribution in [1.29, 1.82) is 0 Å². The van der Waals surface area contributed by atoms with Gasteiger partial charge >= 0.3 is 0 Å². The largest absolute Gasteiger partial charge is 0.489 e. The van der Waals surface area contributed by atoms with E-state index in [4.69, 9.17) is 10.5 Å². The van der Waals surface area contributed by atoms with Gasteiger partial charge in [0.05, 0.1) is 5.69 Å². The molecule has 20 heavy (non-hydrogen) atoms. The summed E-state index contributed by atoms with van der Waals surface area (Å²) >= 11 is 0. The maximum Gasteiger partial charge on any atom is 0.146 e. The van der Waals surface area contributed by atoms with Gasteiger partial charge in [-0.05, 0) is 40.6 Å². The molecule has 0 aromatic heterocycles. The van der Waals surface area contributed by atoms with Crippen LogP contribution < -0.4 is 10.5 Å². The number of anilines is 1. The van der Waals surface area contributed by atoms with Crippen molar-refractivity contribution in [2.45, 2.75) is 6.61 Å². The summed E-state index contributed by atoms with van der Waals surface area (Å²) in [6.45, 7) is 0.315. The third kappa shape index (κ3) is 2.57. The van der Waals surface area contributed by atoms with Crippen LogP contribution in [0.5, 0.6) is 5.75 Å². The fourth-order valence-electron chi connectivity index (χ4n) is 2.08.